The summed E-state index contributed by atoms with van der Waals surface area (Å²) in [6, 6.07) is 20.6. The number of non-ortho nitro benzene ring substituents is 1. The third kappa shape index (κ3) is 4.31. The highest BCUT2D eigenvalue weighted by atomic mass is 35.5. The van der Waals surface area contributed by atoms with Gasteiger partial charge in [0.25, 0.3) is 5.69 Å². The fourth-order valence-electron chi connectivity index (χ4n) is 4.18. The van der Waals surface area contributed by atoms with Gasteiger partial charge in [0, 0.05) is 23.0 Å². The molecule has 5 rings (SSSR count). The Hall–Kier alpha value is -3.95. The number of thiocarbonyl (C=S) groups is 1. The summed E-state index contributed by atoms with van der Waals surface area (Å²) >= 11 is 11.8. The van der Waals surface area contributed by atoms with E-state index in [0.29, 0.717) is 33.0 Å². The minimum Gasteiger partial charge on any atom is -0.496 e. The molecule has 0 saturated carbocycles. The number of furan rings is 1. The molecule has 35 heavy (non-hydrogen) atoms. The molecular formula is C25H19ClN4O4S. The van der Waals surface area contributed by atoms with Crippen molar-refractivity contribution in [1.82, 2.24) is 10.3 Å². The van der Waals surface area contributed by atoms with Crippen molar-refractivity contribution in [3.8, 4) is 17.1 Å². The van der Waals surface area contributed by atoms with E-state index in [-0.39, 0.29) is 17.8 Å². The molecule has 2 atom stereocenters. The van der Waals surface area contributed by atoms with Gasteiger partial charge in [0.05, 0.1) is 35.4 Å². The van der Waals surface area contributed by atoms with E-state index in [9.17, 15) is 10.1 Å². The van der Waals surface area contributed by atoms with Gasteiger partial charge < -0.3 is 19.4 Å². The van der Waals surface area contributed by atoms with Crippen molar-refractivity contribution < 1.29 is 14.1 Å². The molecule has 1 saturated heterocycles. The Balaban J connectivity index is 1.59. The molecule has 1 aliphatic heterocycles. The molecule has 2 aromatic heterocycles. The molecule has 1 fully saturated rings. The summed E-state index contributed by atoms with van der Waals surface area (Å²) in [5, 5.41) is 15.7. The van der Waals surface area contributed by atoms with Crippen LogP contribution in [0.2, 0.25) is 5.02 Å². The zero-order valence-corrected chi connectivity index (χ0v) is 20.0. The van der Waals surface area contributed by atoms with Crippen LogP contribution >= 0.6 is 23.8 Å². The third-order valence-electron chi connectivity index (χ3n) is 5.78. The molecule has 0 spiro atoms. The van der Waals surface area contributed by atoms with Gasteiger partial charge in [-0.25, -0.2) is 0 Å². The van der Waals surface area contributed by atoms with E-state index in [1.165, 1.54) is 19.2 Å². The molecule has 0 unspecified atom stereocenters. The van der Waals surface area contributed by atoms with E-state index < -0.39 is 4.92 Å². The van der Waals surface area contributed by atoms with Crippen LogP contribution in [0.25, 0.3) is 11.3 Å². The Kier molecular flexibility index (Phi) is 6.10. The van der Waals surface area contributed by atoms with Crippen molar-refractivity contribution in [2.24, 2.45) is 0 Å². The average molecular weight is 507 g/mol. The van der Waals surface area contributed by atoms with Crippen LogP contribution in [0.5, 0.6) is 5.75 Å². The number of methoxy groups -OCH3 is 1. The quantitative estimate of drug-likeness (QED) is 0.191. The van der Waals surface area contributed by atoms with Crippen molar-refractivity contribution in [2.45, 2.75) is 12.1 Å². The summed E-state index contributed by atoms with van der Waals surface area (Å²) in [6.45, 7) is 0. The van der Waals surface area contributed by atoms with Gasteiger partial charge in [0.1, 0.15) is 23.3 Å². The molecule has 176 valence electrons. The highest BCUT2D eigenvalue weighted by molar-refractivity contribution is 7.80. The number of halogens is 1. The van der Waals surface area contributed by atoms with Gasteiger partial charge in [-0.15, -0.1) is 0 Å². The van der Waals surface area contributed by atoms with E-state index in [1.807, 2.05) is 47.4 Å². The summed E-state index contributed by atoms with van der Waals surface area (Å²) in [7, 11) is 1.46. The van der Waals surface area contributed by atoms with Crippen LogP contribution in [0.1, 0.15) is 23.5 Å². The summed E-state index contributed by atoms with van der Waals surface area (Å²) < 4.78 is 11.7. The number of hydrogen-bond donors (Lipinski definition) is 1. The van der Waals surface area contributed by atoms with Crippen molar-refractivity contribution in [3.63, 3.8) is 0 Å². The number of pyridine rings is 1. The number of aromatic nitrogens is 1. The Bertz CT molecular complexity index is 1390. The first kappa shape index (κ1) is 22.8. The summed E-state index contributed by atoms with van der Waals surface area (Å²) in [4.78, 5) is 17.2. The fourth-order valence-corrected chi connectivity index (χ4v) is 4.65. The van der Waals surface area contributed by atoms with E-state index in [2.05, 4.69) is 10.3 Å². The lowest BCUT2D eigenvalue weighted by atomic mass is 10.0. The molecule has 0 aliphatic carbocycles. The number of nitro groups is 1. The lowest BCUT2D eigenvalue weighted by Gasteiger charge is -2.26. The minimum absolute atomic E-state index is 0.0631. The van der Waals surface area contributed by atoms with E-state index in [0.717, 1.165) is 11.4 Å². The van der Waals surface area contributed by atoms with Gasteiger partial charge in [0.15, 0.2) is 5.11 Å². The second kappa shape index (κ2) is 9.36. The number of anilines is 1. The van der Waals surface area contributed by atoms with Crippen molar-refractivity contribution in [1.29, 1.82) is 0 Å². The molecule has 1 N–H and O–H groups in total. The number of ether oxygens (including phenoxy) is 1. The Labute approximate surface area is 211 Å². The molecule has 10 heteroatoms. The summed E-state index contributed by atoms with van der Waals surface area (Å²) in [5.41, 5.74) is 2.19. The van der Waals surface area contributed by atoms with Crippen LogP contribution < -0.4 is 15.0 Å². The first-order valence-corrected chi connectivity index (χ1v) is 11.4. The van der Waals surface area contributed by atoms with Gasteiger partial charge in [-0.2, -0.15) is 0 Å². The summed E-state index contributed by atoms with van der Waals surface area (Å²) in [6.07, 6.45) is 1.73. The lowest BCUT2D eigenvalue weighted by molar-refractivity contribution is -0.384. The van der Waals surface area contributed by atoms with Crippen LogP contribution in [0, 0.1) is 10.1 Å². The molecule has 0 amide bonds. The average Bonchev–Trinajstić information content (AvgIpc) is 3.49. The standard InChI is InChI=1S/C25H19ClN4O4S/c1-33-22-14-17(30(31)32)9-10-18(22)20-11-12-21(34-20)24-23(19-4-2-3-13-27-19)28-25(35)29(24)16-7-5-15(26)6-8-16/h2-14,23-24H,1H3,(H,28,35)/t23-,24-/m0/s1. The zero-order chi connectivity index (χ0) is 24.5. The number of rotatable bonds is 6. The largest absolute Gasteiger partial charge is 0.496 e. The highest BCUT2D eigenvalue weighted by Crippen LogP contribution is 2.44. The Morgan fingerprint density at radius 3 is 2.63 bits per heavy atom. The van der Waals surface area contributed by atoms with Gasteiger partial charge in [-0.05, 0) is 66.8 Å². The molecule has 4 aromatic rings. The second-order valence-electron chi connectivity index (χ2n) is 7.82. The third-order valence-corrected chi connectivity index (χ3v) is 6.35. The second-order valence-corrected chi connectivity index (χ2v) is 8.64. The van der Waals surface area contributed by atoms with E-state index >= 15 is 0 Å². The van der Waals surface area contributed by atoms with Gasteiger partial charge in [0.2, 0.25) is 0 Å². The number of nitrogens with one attached hydrogen (secondary N) is 1. The predicted octanol–water partition coefficient (Wildman–Crippen LogP) is 6.09. The van der Waals surface area contributed by atoms with Gasteiger partial charge >= 0.3 is 0 Å². The van der Waals surface area contributed by atoms with Crippen molar-refractivity contribution in [3.05, 3.63) is 106 Å². The fraction of sp³-hybridized carbons (Fsp3) is 0.120. The number of nitro benzene ring substituents is 1. The Morgan fingerprint density at radius 2 is 1.94 bits per heavy atom. The smallest absolute Gasteiger partial charge is 0.273 e. The molecule has 0 bridgehead atoms. The SMILES string of the molecule is COc1cc([N+](=O)[O-])ccc1-c1ccc([C@H]2[C@H](c3ccccn3)NC(=S)N2c2ccc(Cl)cc2)o1. The normalized spacial score (nSPS) is 17.3. The maximum Gasteiger partial charge on any atom is 0.273 e. The van der Waals surface area contributed by atoms with Gasteiger partial charge in [-0.1, -0.05) is 17.7 Å². The van der Waals surface area contributed by atoms with Crippen LogP contribution in [-0.2, 0) is 0 Å². The monoisotopic (exact) mass is 506 g/mol. The van der Waals surface area contributed by atoms with Crippen molar-refractivity contribution >= 4 is 40.3 Å². The molecular weight excluding hydrogens is 488 g/mol. The number of nitrogens with zero attached hydrogens (tertiary/aromatic N) is 3. The van der Waals surface area contributed by atoms with E-state index in [1.54, 1.807) is 24.4 Å². The molecule has 2 aromatic carbocycles. The molecule has 1 aliphatic rings. The maximum absolute atomic E-state index is 11.2. The van der Waals surface area contributed by atoms with E-state index in [4.69, 9.17) is 33.0 Å². The summed E-state index contributed by atoms with van der Waals surface area (Å²) in [5.74, 6) is 1.50. The molecule has 3 heterocycles. The first-order chi connectivity index (χ1) is 17.0. The number of hydrogen-bond acceptors (Lipinski definition) is 6. The van der Waals surface area contributed by atoms with Crippen LogP contribution in [-0.4, -0.2) is 22.1 Å². The van der Waals surface area contributed by atoms with Gasteiger partial charge in [-0.3, -0.25) is 15.1 Å². The molecule has 8 nitrogen and oxygen atoms in total. The number of benzene rings is 2. The van der Waals surface area contributed by atoms with Crippen LogP contribution in [0.4, 0.5) is 11.4 Å². The Morgan fingerprint density at radius 1 is 1.14 bits per heavy atom. The molecule has 0 radical (unpaired) electrons. The maximum atomic E-state index is 11.2. The van der Waals surface area contributed by atoms with Crippen LogP contribution in [0.15, 0.2) is 83.4 Å². The minimum atomic E-state index is -0.466. The first-order valence-electron chi connectivity index (χ1n) is 10.6. The van der Waals surface area contributed by atoms with Crippen molar-refractivity contribution in [2.75, 3.05) is 12.0 Å². The van der Waals surface area contributed by atoms with Crippen LogP contribution in [0.3, 0.4) is 0 Å². The zero-order valence-electron chi connectivity index (χ0n) is 18.4. The lowest BCUT2D eigenvalue weighted by Crippen LogP contribution is -2.29. The topological polar surface area (TPSA) is 93.7 Å². The highest BCUT2D eigenvalue weighted by Gasteiger charge is 2.42. The predicted molar refractivity (Wildman–Crippen MR) is 137 cm³/mol.